The van der Waals surface area contributed by atoms with E-state index in [-0.39, 0.29) is 12.5 Å². The molecule has 118 valence electrons. The minimum Gasteiger partial charge on any atom is -0.481 e. The maximum Gasteiger partial charge on any atom is 0.304 e. The van der Waals surface area contributed by atoms with Gasteiger partial charge in [0.2, 0.25) is 0 Å². The summed E-state index contributed by atoms with van der Waals surface area (Å²) in [4.78, 5) is 13.2. The van der Waals surface area contributed by atoms with Crippen molar-refractivity contribution in [2.24, 2.45) is 0 Å². The van der Waals surface area contributed by atoms with Crippen molar-refractivity contribution in [3.8, 4) is 0 Å². The molecule has 5 heteroatoms. The van der Waals surface area contributed by atoms with E-state index >= 15 is 0 Å². The Labute approximate surface area is 124 Å². The lowest BCUT2D eigenvalue weighted by Gasteiger charge is -2.30. The van der Waals surface area contributed by atoms with Crippen molar-refractivity contribution in [3.05, 3.63) is 35.4 Å². The van der Waals surface area contributed by atoms with Gasteiger partial charge in [0.1, 0.15) is 0 Å². The summed E-state index contributed by atoms with van der Waals surface area (Å²) in [6.07, 6.45) is 2.25. The predicted molar refractivity (Wildman–Crippen MR) is 78.3 cm³/mol. The molecule has 21 heavy (non-hydrogen) atoms. The zero-order valence-corrected chi connectivity index (χ0v) is 12.6. The second-order valence-corrected chi connectivity index (χ2v) is 5.24. The molecule has 0 spiro atoms. The van der Waals surface area contributed by atoms with E-state index in [4.69, 9.17) is 5.11 Å². The molecule has 0 aliphatic rings. The van der Waals surface area contributed by atoms with E-state index in [1.54, 1.807) is 0 Å². The van der Waals surface area contributed by atoms with Crippen LogP contribution in [0.25, 0.3) is 0 Å². The van der Waals surface area contributed by atoms with Crippen LogP contribution in [0.4, 0.5) is 8.78 Å². The molecule has 0 saturated heterocycles. The van der Waals surface area contributed by atoms with Crippen LogP contribution >= 0.6 is 0 Å². The number of nitrogens with zero attached hydrogens (tertiary/aromatic N) is 1. The summed E-state index contributed by atoms with van der Waals surface area (Å²) in [6, 6.07) is 3.56. The molecule has 0 fully saturated rings. The average Bonchev–Trinajstić information content (AvgIpc) is 2.41. The number of carboxylic acid groups (broad SMARTS) is 1. The Balaban J connectivity index is 2.89. The Morgan fingerprint density at radius 1 is 1.19 bits per heavy atom. The van der Waals surface area contributed by atoms with Gasteiger partial charge in [-0.15, -0.1) is 0 Å². The predicted octanol–water partition coefficient (Wildman–Crippen LogP) is 3.47. The minimum atomic E-state index is -0.890. The van der Waals surface area contributed by atoms with E-state index < -0.39 is 17.6 Å². The fourth-order valence-electron chi connectivity index (χ4n) is 2.52. The summed E-state index contributed by atoms with van der Waals surface area (Å²) in [5.74, 6) is -2.65. The third-order valence-corrected chi connectivity index (χ3v) is 3.40. The van der Waals surface area contributed by atoms with Crippen LogP contribution in [0.15, 0.2) is 18.2 Å². The van der Waals surface area contributed by atoms with Crippen LogP contribution in [0.2, 0.25) is 0 Å². The Morgan fingerprint density at radius 3 is 2.29 bits per heavy atom. The van der Waals surface area contributed by atoms with Gasteiger partial charge >= 0.3 is 5.97 Å². The SMILES string of the molecule is CCCN(CCC)C(CC(=O)O)Cc1ccc(F)c(F)c1. The largest absolute Gasteiger partial charge is 0.481 e. The number of aliphatic carboxylic acids is 1. The average molecular weight is 299 g/mol. The van der Waals surface area contributed by atoms with Crippen LogP contribution in [-0.2, 0) is 11.2 Å². The van der Waals surface area contributed by atoms with Crippen molar-refractivity contribution in [2.45, 2.75) is 45.6 Å². The summed E-state index contributed by atoms with van der Waals surface area (Å²) in [5, 5.41) is 9.09. The number of hydrogen-bond acceptors (Lipinski definition) is 2. The molecule has 1 rings (SSSR count). The van der Waals surface area contributed by atoms with E-state index in [1.807, 2.05) is 13.8 Å². The molecule has 0 aliphatic heterocycles. The lowest BCUT2D eigenvalue weighted by Crippen LogP contribution is -2.39. The highest BCUT2D eigenvalue weighted by atomic mass is 19.2. The standard InChI is InChI=1S/C16H23F2NO2/c1-3-7-19(8-4-2)13(11-16(20)21)9-12-5-6-14(17)15(18)10-12/h5-6,10,13H,3-4,7-9,11H2,1-2H3,(H,20,21). The first-order valence-corrected chi connectivity index (χ1v) is 7.37. The highest BCUT2D eigenvalue weighted by molar-refractivity contribution is 5.67. The number of rotatable bonds is 9. The van der Waals surface area contributed by atoms with Crippen LogP contribution in [0.1, 0.15) is 38.7 Å². The lowest BCUT2D eigenvalue weighted by atomic mass is 10.0. The first kappa shape index (κ1) is 17.6. The molecule has 1 aromatic carbocycles. The molecule has 0 aliphatic carbocycles. The molecular weight excluding hydrogens is 276 g/mol. The summed E-state index contributed by atoms with van der Waals surface area (Å²) in [6.45, 7) is 5.68. The van der Waals surface area contributed by atoms with Gasteiger partial charge in [-0.25, -0.2) is 8.78 Å². The Hall–Kier alpha value is -1.49. The molecule has 3 nitrogen and oxygen atoms in total. The molecule has 0 saturated carbocycles. The third kappa shape index (κ3) is 5.79. The van der Waals surface area contributed by atoms with Crippen molar-refractivity contribution < 1.29 is 18.7 Å². The maximum absolute atomic E-state index is 13.3. The fraction of sp³-hybridized carbons (Fsp3) is 0.562. The Bertz CT molecular complexity index is 460. The van der Waals surface area contributed by atoms with Crippen molar-refractivity contribution >= 4 is 5.97 Å². The van der Waals surface area contributed by atoms with Gasteiger partial charge in [-0.2, -0.15) is 0 Å². The Morgan fingerprint density at radius 2 is 1.81 bits per heavy atom. The number of halogens is 2. The van der Waals surface area contributed by atoms with E-state index in [9.17, 15) is 13.6 Å². The minimum absolute atomic E-state index is 0.000997. The normalized spacial score (nSPS) is 12.6. The molecule has 0 amide bonds. The zero-order chi connectivity index (χ0) is 15.8. The zero-order valence-electron chi connectivity index (χ0n) is 12.6. The van der Waals surface area contributed by atoms with Gasteiger partial charge in [-0.1, -0.05) is 19.9 Å². The van der Waals surface area contributed by atoms with Gasteiger partial charge in [0.25, 0.3) is 0 Å². The monoisotopic (exact) mass is 299 g/mol. The first-order chi connectivity index (χ1) is 9.97. The van der Waals surface area contributed by atoms with Crippen LogP contribution in [-0.4, -0.2) is 35.1 Å². The molecule has 1 aromatic rings. The van der Waals surface area contributed by atoms with Gasteiger partial charge in [0, 0.05) is 6.04 Å². The smallest absolute Gasteiger partial charge is 0.304 e. The number of carbonyl (C=O) groups is 1. The number of carboxylic acids is 1. The Kier molecular flexibility index (Phi) is 7.29. The van der Waals surface area contributed by atoms with Gasteiger partial charge in [0.15, 0.2) is 11.6 Å². The van der Waals surface area contributed by atoms with E-state index in [2.05, 4.69) is 4.90 Å². The molecule has 0 heterocycles. The second-order valence-electron chi connectivity index (χ2n) is 5.24. The van der Waals surface area contributed by atoms with E-state index in [1.165, 1.54) is 6.07 Å². The van der Waals surface area contributed by atoms with Crippen LogP contribution in [0.3, 0.4) is 0 Å². The third-order valence-electron chi connectivity index (χ3n) is 3.40. The molecular formula is C16H23F2NO2. The highest BCUT2D eigenvalue weighted by Crippen LogP contribution is 2.16. The van der Waals surface area contributed by atoms with E-state index in [0.29, 0.717) is 12.0 Å². The summed E-state index contributed by atoms with van der Waals surface area (Å²) in [7, 11) is 0. The quantitative estimate of drug-likeness (QED) is 0.759. The van der Waals surface area contributed by atoms with E-state index in [0.717, 1.165) is 38.1 Å². The summed E-state index contributed by atoms with van der Waals surface area (Å²) in [5.41, 5.74) is 0.623. The maximum atomic E-state index is 13.3. The van der Waals surface area contributed by atoms with Crippen LogP contribution in [0.5, 0.6) is 0 Å². The molecule has 0 aromatic heterocycles. The van der Waals surface area contributed by atoms with Crippen molar-refractivity contribution in [1.29, 1.82) is 0 Å². The van der Waals surface area contributed by atoms with Gasteiger partial charge in [-0.05, 0) is 50.0 Å². The summed E-state index contributed by atoms with van der Waals surface area (Å²) >= 11 is 0. The topological polar surface area (TPSA) is 40.5 Å². The van der Waals surface area contributed by atoms with Gasteiger partial charge in [-0.3, -0.25) is 9.69 Å². The van der Waals surface area contributed by atoms with Crippen LogP contribution in [0, 0.1) is 11.6 Å². The second kappa shape index (κ2) is 8.72. The van der Waals surface area contributed by atoms with Crippen molar-refractivity contribution in [3.63, 3.8) is 0 Å². The van der Waals surface area contributed by atoms with Crippen molar-refractivity contribution in [1.82, 2.24) is 4.90 Å². The summed E-state index contributed by atoms with van der Waals surface area (Å²) < 4.78 is 26.3. The molecule has 1 N–H and O–H groups in total. The van der Waals surface area contributed by atoms with Gasteiger partial charge in [0.05, 0.1) is 6.42 Å². The number of hydrogen-bond donors (Lipinski definition) is 1. The van der Waals surface area contributed by atoms with Crippen LogP contribution < -0.4 is 0 Å². The molecule has 0 bridgehead atoms. The lowest BCUT2D eigenvalue weighted by molar-refractivity contribution is -0.138. The molecule has 0 radical (unpaired) electrons. The van der Waals surface area contributed by atoms with Gasteiger partial charge < -0.3 is 5.11 Å². The highest BCUT2D eigenvalue weighted by Gasteiger charge is 2.21. The van der Waals surface area contributed by atoms with Crippen molar-refractivity contribution in [2.75, 3.05) is 13.1 Å². The fourth-order valence-corrected chi connectivity index (χ4v) is 2.52. The molecule has 1 unspecified atom stereocenters. The molecule has 1 atom stereocenters. The number of benzene rings is 1. The first-order valence-electron chi connectivity index (χ1n) is 7.37.